The molecule has 30 heavy (non-hydrogen) atoms. The van der Waals surface area contributed by atoms with Gasteiger partial charge in [0.25, 0.3) is 5.56 Å². The minimum Gasteiger partial charge on any atom is -0.404 e. The van der Waals surface area contributed by atoms with Crippen molar-refractivity contribution in [1.29, 1.82) is 0 Å². The van der Waals surface area contributed by atoms with E-state index in [4.69, 9.17) is 26.4 Å². The molecule has 1 aromatic carbocycles. The summed E-state index contributed by atoms with van der Waals surface area (Å²) in [6.07, 6.45) is 1.99. The van der Waals surface area contributed by atoms with Gasteiger partial charge in [-0.2, -0.15) is 4.98 Å². The molecule has 1 aliphatic carbocycles. The van der Waals surface area contributed by atoms with Gasteiger partial charge >= 0.3 is 7.82 Å². The Kier molecular flexibility index (Phi) is 5.56. The quantitative estimate of drug-likeness (QED) is 0.388. The third-order valence-corrected chi connectivity index (χ3v) is 6.32. The highest BCUT2D eigenvalue weighted by atomic mass is 35.5. The van der Waals surface area contributed by atoms with Crippen LogP contribution in [0.3, 0.4) is 0 Å². The number of hydrogen-bond donors (Lipinski definition) is 4. The van der Waals surface area contributed by atoms with Gasteiger partial charge in [-0.25, -0.2) is 9.55 Å². The van der Waals surface area contributed by atoms with Gasteiger partial charge in [-0.15, -0.1) is 0 Å². The SMILES string of the molecule is Nc1nc2c(ncn2C2CC(COP(=O)(O)Oc3ccc(Cl)cc3)C2CO)c(=O)[nH]1. The smallest absolute Gasteiger partial charge is 0.404 e. The maximum Gasteiger partial charge on any atom is 0.527 e. The van der Waals surface area contributed by atoms with Crippen LogP contribution in [0.15, 0.2) is 35.4 Å². The van der Waals surface area contributed by atoms with Gasteiger partial charge in [0.2, 0.25) is 5.95 Å². The molecule has 0 radical (unpaired) electrons. The first-order chi connectivity index (χ1) is 14.3. The summed E-state index contributed by atoms with van der Waals surface area (Å²) in [5, 5.41) is 10.3. The number of hydrogen-bond acceptors (Lipinski definition) is 8. The average Bonchev–Trinajstić information content (AvgIpc) is 3.06. The fraction of sp³-hybridized carbons (Fsp3) is 0.353. The largest absolute Gasteiger partial charge is 0.527 e. The summed E-state index contributed by atoms with van der Waals surface area (Å²) in [6, 6.07) is 5.74. The molecule has 4 rings (SSSR count). The molecule has 0 spiro atoms. The van der Waals surface area contributed by atoms with E-state index in [1.54, 1.807) is 4.57 Å². The van der Waals surface area contributed by atoms with E-state index in [0.29, 0.717) is 17.1 Å². The molecule has 5 N–H and O–H groups in total. The van der Waals surface area contributed by atoms with Gasteiger partial charge in [0, 0.05) is 23.6 Å². The Bertz CT molecular complexity index is 1170. The molecule has 2 aromatic heterocycles. The summed E-state index contributed by atoms with van der Waals surface area (Å²) >= 11 is 5.77. The lowest BCUT2D eigenvalue weighted by Crippen LogP contribution is -2.43. The molecule has 4 unspecified atom stereocenters. The molecule has 0 amide bonds. The first-order valence-electron chi connectivity index (χ1n) is 9.03. The van der Waals surface area contributed by atoms with Crippen LogP contribution in [0.4, 0.5) is 5.95 Å². The van der Waals surface area contributed by atoms with E-state index in [0.717, 1.165) is 0 Å². The average molecular weight is 456 g/mol. The Morgan fingerprint density at radius 2 is 2.10 bits per heavy atom. The first kappa shape index (κ1) is 20.8. The number of aromatic nitrogens is 4. The van der Waals surface area contributed by atoms with E-state index in [-0.39, 0.29) is 48.3 Å². The fourth-order valence-electron chi connectivity index (χ4n) is 3.59. The molecule has 0 saturated heterocycles. The third kappa shape index (κ3) is 4.07. The summed E-state index contributed by atoms with van der Waals surface area (Å²) in [5.41, 5.74) is 5.64. The van der Waals surface area contributed by atoms with Gasteiger partial charge < -0.3 is 19.9 Å². The number of fused-ring (bicyclic) bond motifs is 1. The number of aliphatic hydroxyl groups excluding tert-OH is 1. The van der Waals surface area contributed by atoms with Crippen molar-refractivity contribution in [2.75, 3.05) is 18.9 Å². The normalized spacial score (nSPS) is 23.1. The van der Waals surface area contributed by atoms with Gasteiger partial charge in [0.1, 0.15) is 5.75 Å². The number of nitrogens with two attached hydrogens (primary N) is 1. The van der Waals surface area contributed by atoms with Crippen molar-refractivity contribution in [3.8, 4) is 5.75 Å². The number of halogens is 1. The summed E-state index contributed by atoms with van der Waals surface area (Å²) in [5.74, 6) is -0.380. The maximum absolute atomic E-state index is 12.2. The summed E-state index contributed by atoms with van der Waals surface area (Å²) in [6.45, 7) is -0.281. The number of aliphatic hydroxyl groups is 1. The van der Waals surface area contributed by atoms with E-state index in [1.165, 1.54) is 30.6 Å². The van der Waals surface area contributed by atoms with Gasteiger partial charge in [0.15, 0.2) is 11.2 Å². The monoisotopic (exact) mass is 455 g/mol. The van der Waals surface area contributed by atoms with E-state index >= 15 is 0 Å². The predicted molar refractivity (Wildman–Crippen MR) is 108 cm³/mol. The lowest BCUT2D eigenvalue weighted by atomic mass is 9.70. The van der Waals surface area contributed by atoms with Gasteiger partial charge in [0.05, 0.1) is 12.9 Å². The Balaban J connectivity index is 1.42. The van der Waals surface area contributed by atoms with Crippen molar-refractivity contribution in [2.24, 2.45) is 11.8 Å². The predicted octanol–water partition coefficient (Wildman–Crippen LogP) is 1.72. The van der Waals surface area contributed by atoms with Crippen molar-refractivity contribution in [1.82, 2.24) is 19.5 Å². The summed E-state index contributed by atoms with van der Waals surface area (Å²) in [4.78, 5) is 32.5. The number of rotatable bonds is 7. The molecule has 13 heteroatoms. The van der Waals surface area contributed by atoms with Crippen LogP contribution in [0, 0.1) is 11.8 Å². The Hall–Kier alpha value is -2.43. The van der Waals surface area contributed by atoms with Gasteiger partial charge in [-0.1, -0.05) is 11.6 Å². The van der Waals surface area contributed by atoms with Crippen LogP contribution in [0.5, 0.6) is 5.75 Å². The lowest BCUT2D eigenvalue weighted by Gasteiger charge is -2.44. The minimum atomic E-state index is -4.35. The fourth-order valence-corrected chi connectivity index (χ4v) is 4.54. The number of aromatic amines is 1. The Morgan fingerprint density at radius 1 is 1.37 bits per heavy atom. The van der Waals surface area contributed by atoms with Crippen LogP contribution >= 0.6 is 19.4 Å². The number of phosphoric ester groups is 1. The van der Waals surface area contributed by atoms with Crippen LogP contribution in [-0.2, 0) is 9.09 Å². The second-order valence-corrected chi connectivity index (χ2v) is 8.81. The van der Waals surface area contributed by atoms with Crippen molar-refractivity contribution in [3.63, 3.8) is 0 Å². The maximum atomic E-state index is 12.2. The highest BCUT2D eigenvalue weighted by molar-refractivity contribution is 7.47. The highest BCUT2D eigenvalue weighted by Gasteiger charge is 2.44. The van der Waals surface area contributed by atoms with E-state index < -0.39 is 13.4 Å². The Morgan fingerprint density at radius 3 is 2.80 bits per heavy atom. The summed E-state index contributed by atoms with van der Waals surface area (Å²) in [7, 11) is -4.35. The molecule has 0 aliphatic heterocycles. The molecular formula is C17H19ClN5O6P. The van der Waals surface area contributed by atoms with E-state index in [2.05, 4.69) is 15.0 Å². The molecule has 2 heterocycles. The van der Waals surface area contributed by atoms with Crippen molar-refractivity contribution >= 4 is 36.5 Å². The van der Waals surface area contributed by atoms with Crippen LogP contribution in [-0.4, -0.2) is 42.7 Å². The molecule has 1 aliphatic rings. The third-order valence-electron chi connectivity index (χ3n) is 5.15. The standard InChI is InChI=1S/C17H19ClN5O6P/c18-10-1-3-11(4-2-10)29-30(26,27)28-7-9-5-13(12(9)6-24)23-8-20-14-15(23)21-17(19)22-16(14)25/h1-4,8-9,12-13,24H,5-7H2,(H,26,27)(H3,19,21,22,25). The molecule has 4 atom stereocenters. The van der Waals surface area contributed by atoms with E-state index in [9.17, 15) is 19.4 Å². The topological polar surface area (TPSA) is 166 Å². The molecule has 3 aromatic rings. The van der Waals surface area contributed by atoms with E-state index in [1.807, 2.05) is 0 Å². The van der Waals surface area contributed by atoms with Gasteiger partial charge in [-0.3, -0.25) is 19.2 Å². The zero-order valence-electron chi connectivity index (χ0n) is 15.5. The number of nitrogens with zero attached hydrogens (tertiary/aromatic N) is 3. The molecule has 160 valence electrons. The number of imidazole rings is 1. The molecule has 11 nitrogen and oxygen atoms in total. The highest BCUT2D eigenvalue weighted by Crippen LogP contribution is 2.49. The zero-order chi connectivity index (χ0) is 21.5. The minimum absolute atomic E-state index is 0.0328. The Labute approximate surface area is 175 Å². The van der Waals surface area contributed by atoms with Crippen LogP contribution < -0.4 is 15.8 Å². The zero-order valence-corrected chi connectivity index (χ0v) is 17.2. The molecule has 0 bridgehead atoms. The van der Waals surface area contributed by atoms with Crippen molar-refractivity contribution < 1.29 is 23.6 Å². The molecule has 1 fully saturated rings. The first-order valence-corrected chi connectivity index (χ1v) is 10.9. The number of nitrogen functional groups attached to an aromatic ring is 1. The second-order valence-electron chi connectivity index (χ2n) is 6.99. The molecule has 1 saturated carbocycles. The van der Waals surface area contributed by atoms with Crippen LogP contribution in [0.1, 0.15) is 12.5 Å². The second kappa shape index (κ2) is 8.01. The van der Waals surface area contributed by atoms with Crippen LogP contribution in [0.2, 0.25) is 5.02 Å². The van der Waals surface area contributed by atoms with Crippen LogP contribution in [0.25, 0.3) is 11.2 Å². The number of nitrogens with one attached hydrogen (secondary N) is 1. The number of H-pyrrole nitrogens is 1. The number of anilines is 1. The van der Waals surface area contributed by atoms with Crippen molar-refractivity contribution in [3.05, 3.63) is 46.0 Å². The lowest BCUT2D eigenvalue weighted by molar-refractivity contribution is -0.00487. The molecular weight excluding hydrogens is 437 g/mol. The van der Waals surface area contributed by atoms with Gasteiger partial charge in [-0.05, 0) is 36.6 Å². The van der Waals surface area contributed by atoms with Crippen molar-refractivity contribution in [2.45, 2.75) is 12.5 Å². The number of benzene rings is 1. The number of phosphoric acid groups is 1. The summed E-state index contributed by atoms with van der Waals surface area (Å²) < 4.78 is 24.0.